The molecule has 1 aromatic carbocycles. The first-order valence-electron chi connectivity index (χ1n) is 6.94. The van der Waals surface area contributed by atoms with Crippen molar-refractivity contribution < 1.29 is 4.74 Å². The van der Waals surface area contributed by atoms with Gasteiger partial charge in [-0.1, -0.05) is 12.1 Å². The summed E-state index contributed by atoms with van der Waals surface area (Å²) in [6.45, 7) is 2.31. The van der Waals surface area contributed by atoms with Crippen LogP contribution >= 0.6 is 0 Å². The maximum Gasteiger partial charge on any atom is 0.170 e. The van der Waals surface area contributed by atoms with Crippen molar-refractivity contribution >= 4 is 11.4 Å². The van der Waals surface area contributed by atoms with Crippen molar-refractivity contribution in [2.24, 2.45) is 5.73 Å². The van der Waals surface area contributed by atoms with Gasteiger partial charge in [0.1, 0.15) is 0 Å². The molecule has 0 aromatic heterocycles. The van der Waals surface area contributed by atoms with Gasteiger partial charge >= 0.3 is 0 Å². The Bertz CT molecular complexity index is 431. The molecule has 4 N–H and O–H groups in total. The normalized spacial score (nSPS) is 28.1. The number of hydrogen-bond donors (Lipinski definition) is 3. The van der Waals surface area contributed by atoms with Crippen LogP contribution in [0.15, 0.2) is 24.3 Å². The molecule has 19 heavy (non-hydrogen) atoms. The predicted octanol–water partition coefficient (Wildman–Crippen LogP) is 1.25. The number of epoxide rings is 1. The highest BCUT2D eigenvalue weighted by atomic mass is 16.6. The molecule has 2 heterocycles. The van der Waals surface area contributed by atoms with Crippen molar-refractivity contribution in [2.45, 2.75) is 31.3 Å². The minimum Gasteiger partial charge on any atom is -0.381 e. The smallest absolute Gasteiger partial charge is 0.170 e. The van der Waals surface area contributed by atoms with Crippen LogP contribution in [0.1, 0.15) is 12.8 Å². The van der Waals surface area contributed by atoms with E-state index >= 15 is 0 Å². The second-order valence-corrected chi connectivity index (χ2v) is 5.43. The minimum absolute atomic E-state index is 0.0413. The summed E-state index contributed by atoms with van der Waals surface area (Å²) < 4.78 is 5.21. The van der Waals surface area contributed by atoms with Crippen LogP contribution in [0.2, 0.25) is 0 Å². The second-order valence-electron chi connectivity index (χ2n) is 5.43. The van der Waals surface area contributed by atoms with Gasteiger partial charge in [0.05, 0.1) is 11.4 Å². The monoisotopic (exact) mass is 262 g/mol. The molecular formula is C14H22N4O. The number of nitrogens with one attached hydrogen (secondary N) is 2. The number of para-hydroxylation sites is 2. The summed E-state index contributed by atoms with van der Waals surface area (Å²) in [4.78, 5) is 2.37. The fourth-order valence-corrected chi connectivity index (χ4v) is 2.50. The van der Waals surface area contributed by atoms with E-state index in [1.54, 1.807) is 0 Å². The number of nitrogens with zero attached hydrogens (tertiary/aromatic N) is 1. The molecule has 0 bridgehead atoms. The first-order valence-corrected chi connectivity index (χ1v) is 6.94. The molecule has 5 nitrogen and oxygen atoms in total. The van der Waals surface area contributed by atoms with E-state index in [9.17, 15) is 0 Å². The summed E-state index contributed by atoms with van der Waals surface area (Å²) in [6.07, 6.45) is 2.16. The van der Waals surface area contributed by atoms with Crippen LogP contribution in [0.25, 0.3) is 0 Å². The van der Waals surface area contributed by atoms with Crippen LogP contribution in [0, 0.1) is 0 Å². The van der Waals surface area contributed by atoms with Crippen LogP contribution in [-0.2, 0) is 4.74 Å². The first-order chi connectivity index (χ1) is 9.22. The number of hydrogen-bond acceptors (Lipinski definition) is 5. The van der Waals surface area contributed by atoms with Crippen molar-refractivity contribution in [2.75, 3.05) is 30.8 Å². The lowest BCUT2D eigenvalue weighted by atomic mass is 10.0. The maximum absolute atomic E-state index is 5.65. The molecule has 5 heteroatoms. The third-order valence-electron chi connectivity index (χ3n) is 3.83. The summed E-state index contributed by atoms with van der Waals surface area (Å²) in [7, 11) is 2.18. The number of anilines is 2. The summed E-state index contributed by atoms with van der Waals surface area (Å²) in [5, 5.41) is 6.94. The highest BCUT2D eigenvalue weighted by molar-refractivity contribution is 5.69. The standard InChI is InChI=1S/C14H22N4O/c1-18-8-6-10(7-9-18)16-11-4-2-3-5-12(11)17-14-13(15)19-14/h2-5,10,13-14,16-17H,6-9,15H2,1H3. The molecule has 1 aromatic rings. The molecular weight excluding hydrogens is 240 g/mol. The van der Waals surface area contributed by atoms with Crippen molar-refractivity contribution in [1.82, 2.24) is 4.90 Å². The SMILES string of the molecule is CN1CCC(Nc2ccccc2NC2OC2N)CC1. The van der Waals surface area contributed by atoms with Gasteiger partial charge in [0.25, 0.3) is 0 Å². The average molecular weight is 262 g/mol. The third kappa shape index (κ3) is 3.18. The Morgan fingerprint density at radius 2 is 1.74 bits per heavy atom. The van der Waals surface area contributed by atoms with Crippen molar-refractivity contribution in [1.29, 1.82) is 0 Å². The largest absolute Gasteiger partial charge is 0.381 e. The summed E-state index contributed by atoms with van der Waals surface area (Å²) in [6, 6.07) is 8.79. The molecule has 2 unspecified atom stereocenters. The summed E-state index contributed by atoms with van der Waals surface area (Å²) in [5.74, 6) is 0. The van der Waals surface area contributed by atoms with Crippen molar-refractivity contribution in [3.8, 4) is 0 Å². The Labute approximate surface area is 114 Å². The highest BCUT2D eigenvalue weighted by Crippen LogP contribution is 2.28. The molecule has 2 aliphatic rings. The molecule has 2 fully saturated rings. The molecule has 0 aliphatic carbocycles. The van der Waals surface area contributed by atoms with Gasteiger partial charge < -0.3 is 26.0 Å². The van der Waals surface area contributed by atoms with Crippen LogP contribution in [0.3, 0.4) is 0 Å². The van der Waals surface area contributed by atoms with Crippen molar-refractivity contribution in [3.05, 3.63) is 24.3 Å². The van der Waals surface area contributed by atoms with Gasteiger partial charge in [-0.2, -0.15) is 0 Å². The molecule has 3 rings (SSSR count). The summed E-state index contributed by atoms with van der Waals surface area (Å²) in [5.41, 5.74) is 7.86. The van der Waals surface area contributed by atoms with Crippen LogP contribution in [0.4, 0.5) is 11.4 Å². The zero-order valence-electron chi connectivity index (χ0n) is 11.3. The van der Waals surface area contributed by atoms with E-state index in [0.29, 0.717) is 6.04 Å². The average Bonchev–Trinajstić information content (AvgIpc) is 3.10. The Kier molecular flexibility index (Phi) is 3.59. The molecule has 2 saturated heterocycles. The molecule has 0 amide bonds. The molecule has 0 saturated carbocycles. The van der Waals surface area contributed by atoms with Crippen LogP contribution in [-0.4, -0.2) is 43.5 Å². The number of rotatable bonds is 4. The Balaban J connectivity index is 1.63. The van der Waals surface area contributed by atoms with E-state index in [1.807, 2.05) is 6.07 Å². The van der Waals surface area contributed by atoms with E-state index in [4.69, 9.17) is 10.5 Å². The Morgan fingerprint density at radius 1 is 1.16 bits per heavy atom. The third-order valence-corrected chi connectivity index (χ3v) is 3.83. The Hall–Kier alpha value is -1.30. The summed E-state index contributed by atoms with van der Waals surface area (Å²) >= 11 is 0. The quantitative estimate of drug-likeness (QED) is 0.713. The lowest BCUT2D eigenvalue weighted by molar-refractivity contribution is 0.264. The van der Waals surface area contributed by atoms with E-state index in [2.05, 4.69) is 40.8 Å². The molecule has 0 spiro atoms. The van der Waals surface area contributed by atoms with Gasteiger partial charge in [0, 0.05) is 6.04 Å². The predicted molar refractivity (Wildman–Crippen MR) is 77.1 cm³/mol. The van der Waals surface area contributed by atoms with Gasteiger partial charge in [0.15, 0.2) is 12.5 Å². The highest BCUT2D eigenvalue weighted by Gasteiger charge is 2.35. The molecule has 0 radical (unpaired) electrons. The topological polar surface area (TPSA) is 65.8 Å². The van der Waals surface area contributed by atoms with Crippen LogP contribution < -0.4 is 16.4 Å². The molecule has 2 aliphatic heterocycles. The van der Waals surface area contributed by atoms with E-state index < -0.39 is 0 Å². The second kappa shape index (κ2) is 5.36. The lowest BCUT2D eigenvalue weighted by Crippen LogP contribution is -2.36. The Morgan fingerprint density at radius 3 is 2.32 bits per heavy atom. The van der Waals surface area contributed by atoms with Crippen LogP contribution in [0.5, 0.6) is 0 Å². The zero-order valence-corrected chi connectivity index (χ0v) is 11.3. The minimum atomic E-state index is -0.170. The first kappa shape index (κ1) is 12.7. The van der Waals surface area contributed by atoms with E-state index in [-0.39, 0.29) is 12.5 Å². The fourth-order valence-electron chi connectivity index (χ4n) is 2.50. The fraction of sp³-hybridized carbons (Fsp3) is 0.571. The van der Waals surface area contributed by atoms with Gasteiger partial charge in [0.2, 0.25) is 0 Å². The van der Waals surface area contributed by atoms with Crippen molar-refractivity contribution in [3.63, 3.8) is 0 Å². The molecule has 2 atom stereocenters. The zero-order chi connectivity index (χ0) is 13.2. The number of ether oxygens (including phenoxy) is 1. The van der Waals surface area contributed by atoms with E-state index in [1.165, 1.54) is 12.8 Å². The lowest BCUT2D eigenvalue weighted by Gasteiger charge is -2.30. The van der Waals surface area contributed by atoms with Gasteiger partial charge in [-0.25, -0.2) is 0 Å². The van der Waals surface area contributed by atoms with E-state index in [0.717, 1.165) is 24.5 Å². The van der Waals surface area contributed by atoms with Gasteiger partial charge in [-0.15, -0.1) is 0 Å². The number of nitrogens with two attached hydrogens (primary N) is 1. The maximum atomic E-state index is 5.65. The number of likely N-dealkylation sites (tertiary alicyclic amines) is 1. The van der Waals surface area contributed by atoms with Gasteiger partial charge in [-0.05, 0) is 45.1 Å². The van der Waals surface area contributed by atoms with Gasteiger partial charge in [-0.3, -0.25) is 0 Å². The number of piperidine rings is 1. The molecule has 104 valence electrons. The number of benzene rings is 1.